The Balaban J connectivity index is 1.82. The van der Waals surface area contributed by atoms with Gasteiger partial charge in [0.1, 0.15) is 0 Å². The van der Waals surface area contributed by atoms with Gasteiger partial charge >= 0.3 is 0 Å². The van der Waals surface area contributed by atoms with E-state index in [-0.39, 0.29) is 0 Å². The predicted octanol–water partition coefficient (Wildman–Crippen LogP) is 2.92. The molecule has 3 rings (SSSR count). The summed E-state index contributed by atoms with van der Waals surface area (Å²) >= 11 is 0. The molecular weight excluding hydrogens is 222 g/mol. The first-order chi connectivity index (χ1) is 8.83. The van der Waals surface area contributed by atoms with Crippen LogP contribution in [0.1, 0.15) is 25.7 Å². The summed E-state index contributed by atoms with van der Waals surface area (Å²) in [5, 5.41) is 6.10. The van der Waals surface area contributed by atoms with E-state index in [9.17, 15) is 0 Å². The number of pyridine rings is 1. The lowest BCUT2D eigenvalue weighted by Gasteiger charge is -2.28. The molecule has 0 saturated heterocycles. The monoisotopic (exact) mass is 241 g/mol. The van der Waals surface area contributed by atoms with Crippen molar-refractivity contribution in [2.75, 3.05) is 5.32 Å². The van der Waals surface area contributed by atoms with Crippen LogP contribution in [0.4, 0.5) is 5.69 Å². The third-order valence-corrected chi connectivity index (χ3v) is 3.81. The molecule has 1 aromatic heterocycles. The van der Waals surface area contributed by atoms with Gasteiger partial charge in [0, 0.05) is 40.9 Å². The molecule has 0 amide bonds. The second kappa shape index (κ2) is 4.94. The van der Waals surface area contributed by atoms with Crippen LogP contribution in [0.2, 0.25) is 0 Å². The summed E-state index contributed by atoms with van der Waals surface area (Å²) in [6.07, 6.45) is 8.36. The molecule has 0 radical (unpaired) electrons. The van der Waals surface area contributed by atoms with Gasteiger partial charge in [-0.05, 0) is 37.8 Å². The molecule has 1 aromatic carbocycles. The van der Waals surface area contributed by atoms with Gasteiger partial charge in [0.2, 0.25) is 0 Å². The van der Waals surface area contributed by atoms with Crippen molar-refractivity contribution in [1.29, 1.82) is 0 Å². The summed E-state index contributed by atoms with van der Waals surface area (Å²) in [4.78, 5) is 4.17. The number of rotatable bonds is 2. The number of aromatic nitrogens is 1. The van der Waals surface area contributed by atoms with Crippen LogP contribution in [0, 0.1) is 0 Å². The third kappa shape index (κ3) is 2.31. The summed E-state index contributed by atoms with van der Waals surface area (Å²) in [7, 11) is 0. The van der Waals surface area contributed by atoms with E-state index in [4.69, 9.17) is 5.73 Å². The maximum Gasteiger partial charge on any atom is 0.0423 e. The van der Waals surface area contributed by atoms with E-state index < -0.39 is 0 Å². The van der Waals surface area contributed by atoms with Crippen molar-refractivity contribution >= 4 is 16.5 Å². The Bertz CT molecular complexity index is 525. The standard InChI is InChI=1S/C15H19N3/c16-12-4-6-13(7-5-12)18-15-3-1-2-11-10-17-9-8-14(11)15/h1-3,8-10,12-13,18H,4-7,16H2. The second-order valence-corrected chi connectivity index (χ2v) is 5.16. The molecule has 2 aromatic rings. The van der Waals surface area contributed by atoms with Crippen LogP contribution < -0.4 is 11.1 Å². The highest BCUT2D eigenvalue weighted by molar-refractivity contribution is 5.93. The maximum atomic E-state index is 5.94. The normalized spacial score (nSPS) is 24.1. The van der Waals surface area contributed by atoms with Crippen LogP contribution in [0.3, 0.4) is 0 Å². The van der Waals surface area contributed by atoms with Crippen molar-refractivity contribution < 1.29 is 0 Å². The van der Waals surface area contributed by atoms with Gasteiger partial charge in [-0.2, -0.15) is 0 Å². The largest absolute Gasteiger partial charge is 0.382 e. The Hall–Kier alpha value is -1.61. The molecule has 1 heterocycles. The van der Waals surface area contributed by atoms with E-state index in [0.29, 0.717) is 12.1 Å². The lowest BCUT2D eigenvalue weighted by molar-refractivity contribution is 0.411. The number of benzene rings is 1. The first-order valence-electron chi connectivity index (χ1n) is 6.68. The predicted molar refractivity (Wildman–Crippen MR) is 75.6 cm³/mol. The highest BCUT2D eigenvalue weighted by Crippen LogP contribution is 2.26. The van der Waals surface area contributed by atoms with Crippen LogP contribution in [-0.4, -0.2) is 17.1 Å². The molecule has 3 heteroatoms. The molecule has 1 fully saturated rings. The first kappa shape index (κ1) is 11.5. The van der Waals surface area contributed by atoms with Gasteiger partial charge in [-0.15, -0.1) is 0 Å². The molecule has 0 aliphatic heterocycles. The van der Waals surface area contributed by atoms with E-state index in [1.54, 1.807) is 0 Å². The third-order valence-electron chi connectivity index (χ3n) is 3.81. The average molecular weight is 241 g/mol. The number of hydrogen-bond acceptors (Lipinski definition) is 3. The number of anilines is 1. The number of nitrogens with zero attached hydrogens (tertiary/aromatic N) is 1. The van der Waals surface area contributed by atoms with Crippen molar-refractivity contribution in [3.63, 3.8) is 0 Å². The Labute approximate surface area is 107 Å². The molecule has 0 atom stereocenters. The van der Waals surface area contributed by atoms with Crippen molar-refractivity contribution in [1.82, 2.24) is 4.98 Å². The fraction of sp³-hybridized carbons (Fsp3) is 0.400. The molecule has 1 saturated carbocycles. The summed E-state index contributed by atoms with van der Waals surface area (Å²) in [5.41, 5.74) is 7.16. The van der Waals surface area contributed by atoms with Gasteiger partial charge in [0.15, 0.2) is 0 Å². The SMILES string of the molecule is NC1CCC(Nc2cccc3cnccc23)CC1. The van der Waals surface area contributed by atoms with E-state index in [1.807, 2.05) is 12.4 Å². The molecule has 0 unspecified atom stereocenters. The van der Waals surface area contributed by atoms with E-state index in [2.05, 4.69) is 34.6 Å². The highest BCUT2D eigenvalue weighted by Gasteiger charge is 2.18. The van der Waals surface area contributed by atoms with Crippen LogP contribution in [0.25, 0.3) is 10.8 Å². The summed E-state index contributed by atoms with van der Waals surface area (Å²) in [6.45, 7) is 0. The van der Waals surface area contributed by atoms with Crippen LogP contribution >= 0.6 is 0 Å². The Morgan fingerprint density at radius 2 is 1.94 bits per heavy atom. The molecule has 3 nitrogen and oxygen atoms in total. The number of hydrogen-bond donors (Lipinski definition) is 2. The number of fused-ring (bicyclic) bond motifs is 1. The molecule has 0 bridgehead atoms. The minimum atomic E-state index is 0.403. The van der Waals surface area contributed by atoms with Gasteiger partial charge in [-0.3, -0.25) is 4.98 Å². The maximum absolute atomic E-state index is 5.94. The average Bonchev–Trinajstić information content (AvgIpc) is 2.42. The minimum absolute atomic E-state index is 0.403. The molecule has 1 aliphatic carbocycles. The van der Waals surface area contributed by atoms with Crippen molar-refractivity contribution in [3.05, 3.63) is 36.7 Å². The quantitative estimate of drug-likeness (QED) is 0.850. The fourth-order valence-corrected chi connectivity index (χ4v) is 2.73. The Kier molecular flexibility index (Phi) is 3.15. The van der Waals surface area contributed by atoms with E-state index >= 15 is 0 Å². The smallest absolute Gasteiger partial charge is 0.0423 e. The van der Waals surface area contributed by atoms with Crippen LogP contribution in [-0.2, 0) is 0 Å². The zero-order valence-corrected chi connectivity index (χ0v) is 10.5. The molecule has 1 aliphatic rings. The van der Waals surface area contributed by atoms with Gasteiger partial charge < -0.3 is 11.1 Å². The molecule has 0 spiro atoms. The second-order valence-electron chi connectivity index (χ2n) is 5.16. The summed E-state index contributed by atoms with van der Waals surface area (Å²) in [5.74, 6) is 0. The Morgan fingerprint density at radius 3 is 2.78 bits per heavy atom. The highest BCUT2D eigenvalue weighted by atomic mass is 14.9. The van der Waals surface area contributed by atoms with Gasteiger partial charge in [-0.1, -0.05) is 12.1 Å². The van der Waals surface area contributed by atoms with Gasteiger partial charge in [-0.25, -0.2) is 0 Å². The van der Waals surface area contributed by atoms with Gasteiger partial charge in [0.05, 0.1) is 0 Å². The topological polar surface area (TPSA) is 50.9 Å². The van der Waals surface area contributed by atoms with Crippen molar-refractivity contribution in [3.8, 4) is 0 Å². The number of nitrogens with two attached hydrogens (primary N) is 1. The van der Waals surface area contributed by atoms with Crippen LogP contribution in [0.15, 0.2) is 36.7 Å². The molecule has 3 N–H and O–H groups in total. The zero-order chi connectivity index (χ0) is 12.4. The van der Waals surface area contributed by atoms with E-state index in [0.717, 1.165) is 12.8 Å². The fourth-order valence-electron chi connectivity index (χ4n) is 2.73. The minimum Gasteiger partial charge on any atom is -0.382 e. The first-order valence-corrected chi connectivity index (χ1v) is 6.68. The molecule has 18 heavy (non-hydrogen) atoms. The molecular formula is C15H19N3. The summed E-state index contributed by atoms with van der Waals surface area (Å²) in [6, 6.07) is 9.37. The zero-order valence-electron chi connectivity index (χ0n) is 10.5. The van der Waals surface area contributed by atoms with Crippen molar-refractivity contribution in [2.24, 2.45) is 5.73 Å². The molecule has 94 valence electrons. The van der Waals surface area contributed by atoms with E-state index in [1.165, 1.54) is 29.3 Å². The lowest BCUT2D eigenvalue weighted by Crippen LogP contribution is -2.32. The van der Waals surface area contributed by atoms with Crippen molar-refractivity contribution in [2.45, 2.75) is 37.8 Å². The van der Waals surface area contributed by atoms with Gasteiger partial charge in [0.25, 0.3) is 0 Å². The Morgan fingerprint density at radius 1 is 1.11 bits per heavy atom. The van der Waals surface area contributed by atoms with Crippen LogP contribution in [0.5, 0.6) is 0 Å². The number of nitrogens with one attached hydrogen (secondary N) is 1. The summed E-state index contributed by atoms with van der Waals surface area (Å²) < 4.78 is 0. The lowest BCUT2D eigenvalue weighted by atomic mass is 9.91.